The minimum absolute atomic E-state index is 0. The fourth-order valence-electron chi connectivity index (χ4n) is 3.69. The Morgan fingerprint density at radius 3 is 2.95 bits per heavy atom. The number of hydrogen-bond acceptors (Lipinski definition) is 4. The van der Waals surface area contributed by atoms with Gasteiger partial charge in [-0.15, -0.1) is 23.7 Å². The predicted molar refractivity (Wildman–Crippen MR) is 93.6 cm³/mol. The number of thiophene rings is 1. The van der Waals surface area contributed by atoms with Crippen LogP contribution in [0.5, 0.6) is 0 Å². The number of nitrogens with one attached hydrogen (secondary N) is 1. The Hall–Kier alpha value is -0.880. The van der Waals surface area contributed by atoms with Gasteiger partial charge in [-0.1, -0.05) is 0 Å². The molecule has 22 heavy (non-hydrogen) atoms. The Kier molecular flexibility index (Phi) is 4.88. The molecule has 0 aromatic carbocycles. The zero-order valence-electron chi connectivity index (χ0n) is 12.9. The second-order valence-corrected chi connectivity index (χ2v) is 7.39. The topological polar surface area (TPSA) is 33.1 Å². The molecule has 2 saturated heterocycles. The van der Waals surface area contributed by atoms with Crippen molar-refractivity contribution in [2.75, 3.05) is 13.1 Å². The molecule has 2 aromatic rings. The molecule has 4 nitrogen and oxygen atoms in total. The van der Waals surface area contributed by atoms with Gasteiger partial charge >= 0.3 is 0 Å². The largest absolute Gasteiger partial charge is 0.315 e. The van der Waals surface area contributed by atoms with E-state index in [-0.39, 0.29) is 12.4 Å². The zero-order chi connectivity index (χ0) is 14.2. The number of aryl methyl sites for hydroxylation is 1. The molecule has 2 aliphatic heterocycles. The summed E-state index contributed by atoms with van der Waals surface area (Å²) >= 11 is 1.92. The van der Waals surface area contributed by atoms with Crippen LogP contribution in [0.1, 0.15) is 24.1 Å². The van der Waals surface area contributed by atoms with Gasteiger partial charge in [0.2, 0.25) is 0 Å². The van der Waals surface area contributed by atoms with Crippen LogP contribution in [0.15, 0.2) is 24.5 Å². The maximum absolute atomic E-state index is 4.27. The van der Waals surface area contributed by atoms with E-state index in [0.29, 0.717) is 0 Å². The Balaban J connectivity index is 0.00000144. The van der Waals surface area contributed by atoms with Gasteiger partial charge in [-0.05, 0) is 37.9 Å². The summed E-state index contributed by atoms with van der Waals surface area (Å²) in [5.41, 5.74) is 1.23. The molecule has 0 amide bonds. The van der Waals surface area contributed by atoms with Crippen LogP contribution in [0.3, 0.4) is 0 Å². The van der Waals surface area contributed by atoms with E-state index in [1.807, 2.05) is 29.3 Å². The van der Waals surface area contributed by atoms with Crippen molar-refractivity contribution in [2.45, 2.75) is 37.9 Å². The Morgan fingerprint density at radius 2 is 2.14 bits per heavy atom. The molecule has 2 unspecified atom stereocenters. The van der Waals surface area contributed by atoms with Gasteiger partial charge in [-0.25, -0.2) is 0 Å². The standard InChI is InChI=1S/C16H22N4S.ClH/c1-19-10-12(8-18-19)16-5-4-15(21-16)11-20-13-2-3-14(20)9-17-7-6-13;/h4-5,8,10,13-14,17H,2-3,6-7,9,11H2,1H3;1H. The van der Waals surface area contributed by atoms with E-state index in [1.54, 1.807) is 0 Å². The van der Waals surface area contributed by atoms with E-state index in [9.17, 15) is 0 Å². The lowest BCUT2D eigenvalue weighted by molar-refractivity contribution is 0.195. The molecule has 6 heteroatoms. The molecule has 2 aliphatic rings. The van der Waals surface area contributed by atoms with Crippen molar-refractivity contribution in [3.63, 3.8) is 0 Å². The summed E-state index contributed by atoms with van der Waals surface area (Å²) in [7, 11) is 1.97. The van der Waals surface area contributed by atoms with E-state index in [0.717, 1.165) is 25.2 Å². The van der Waals surface area contributed by atoms with Crippen LogP contribution >= 0.6 is 23.7 Å². The maximum atomic E-state index is 4.27. The summed E-state index contributed by atoms with van der Waals surface area (Å²) in [5, 5.41) is 7.85. The molecular weight excluding hydrogens is 316 g/mol. The Bertz CT molecular complexity index is 609. The number of halogens is 1. The van der Waals surface area contributed by atoms with Crippen LogP contribution in [0.4, 0.5) is 0 Å². The summed E-state index contributed by atoms with van der Waals surface area (Å²) in [6.45, 7) is 3.46. The minimum atomic E-state index is 0. The summed E-state index contributed by atoms with van der Waals surface area (Å²) in [6.07, 6.45) is 8.09. The van der Waals surface area contributed by atoms with Gasteiger partial charge in [0.15, 0.2) is 0 Å². The first-order valence-corrected chi connectivity index (χ1v) is 8.65. The second kappa shape index (κ2) is 6.71. The molecule has 2 aromatic heterocycles. The van der Waals surface area contributed by atoms with E-state index < -0.39 is 0 Å². The van der Waals surface area contributed by atoms with Crippen LogP contribution in [-0.2, 0) is 13.6 Å². The van der Waals surface area contributed by atoms with Crippen LogP contribution in [0.25, 0.3) is 10.4 Å². The second-order valence-electron chi connectivity index (χ2n) is 6.22. The Labute approximate surface area is 141 Å². The summed E-state index contributed by atoms with van der Waals surface area (Å²) in [5.74, 6) is 0. The first-order chi connectivity index (χ1) is 10.3. The first-order valence-electron chi connectivity index (χ1n) is 7.84. The number of aromatic nitrogens is 2. The van der Waals surface area contributed by atoms with Gasteiger partial charge in [0, 0.05) is 53.7 Å². The van der Waals surface area contributed by atoms with Crippen LogP contribution in [0.2, 0.25) is 0 Å². The van der Waals surface area contributed by atoms with Crippen LogP contribution in [0, 0.1) is 0 Å². The van der Waals surface area contributed by atoms with Gasteiger partial charge in [0.25, 0.3) is 0 Å². The Morgan fingerprint density at radius 1 is 1.27 bits per heavy atom. The van der Waals surface area contributed by atoms with Crippen molar-refractivity contribution in [3.05, 3.63) is 29.4 Å². The van der Waals surface area contributed by atoms with Crippen LogP contribution in [-0.4, -0.2) is 39.9 Å². The SMILES string of the molecule is Cl.Cn1cc(-c2ccc(CN3C4CCNCC3CC4)s2)cn1. The summed E-state index contributed by atoms with van der Waals surface area (Å²) < 4.78 is 1.87. The fourth-order valence-corrected chi connectivity index (χ4v) is 4.68. The van der Waals surface area contributed by atoms with Crippen molar-refractivity contribution in [2.24, 2.45) is 7.05 Å². The molecule has 0 aliphatic carbocycles. The van der Waals surface area contributed by atoms with Gasteiger partial charge in [-0.3, -0.25) is 9.58 Å². The third-order valence-corrected chi connectivity index (χ3v) is 5.91. The van der Waals surface area contributed by atoms with E-state index in [2.05, 4.69) is 33.6 Å². The number of rotatable bonds is 3. The highest BCUT2D eigenvalue weighted by Gasteiger charge is 2.34. The monoisotopic (exact) mass is 338 g/mol. The highest BCUT2D eigenvalue weighted by Crippen LogP contribution is 2.33. The molecule has 4 heterocycles. The third-order valence-electron chi connectivity index (χ3n) is 4.79. The lowest BCUT2D eigenvalue weighted by Gasteiger charge is -2.26. The molecule has 4 rings (SSSR count). The molecule has 0 radical (unpaired) electrons. The van der Waals surface area contributed by atoms with Crippen molar-refractivity contribution in [3.8, 4) is 10.4 Å². The number of hydrogen-bond donors (Lipinski definition) is 1. The van der Waals surface area contributed by atoms with Crippen molar-refractivity contribution >= 4 is 23.7 Å². The van der Waals surface area contributed by atoms with Gasteiger partial charge in [0.05, 0.1) is 6.20 Å². The smallest absolute Gasteiger partial charge is 0.0576 e. The molecular formula is C16H23ClN4S. The van der Waals surface area contributed by atoms with Gasteiger partial charge < -0.3 is 5.32 Å². The van der Waals surface area contributed by atoms with E-state index >= 15 is 0 Å². The fraction of sp³-hybridized carbons (Fsp3) is 0.562. The van der Waals surface area contributed by atoms with Gasteiger partial charge in [0.1, 0.15) is 0 Å². The average Bonchev–Trinajstić information content (AvgIpc) is 3.11. The highest BCUT2D eigenvalue weighted by molar-refractivity contribution is 7.15. The summed E-state index contributed by atoms with van der Waals surface area (Å²) in [4.78, 5) is 5.55. The molecule has 2 bridgehead atoms. The normalized spacial score (nSPS) is 25.0. The van der Waals surface area contributed by atoms with Crippen molar-refractivity contribution in [1.82, 2.24) is 20.0 Å². The molecule has 0 saturated carbocycles. The lowest BCUT2D eigenvalue weighted by Crippen LogP contribution is -2.37. The summed E-state index contributed by atoms with van der Waals surface area (Å²) in [6, 6.07) is 6.06. The highest BCUT2D eigenvalue weighted by atomic mass is 35.5. The quantitative estimate of drug-likeness (QED) is 0.934. The maximum Gasteiger partial charge on any atom is 0.0576 e. The third kappa shape index (κ3) is 3.08. The zero-order valence-corrected chi connectivity index (χ0v) is 14.5. The van der Waals surface area contributed by atoms with Crippen molar-refractivity contribution < 1.29 is 0 Å². The molecule has 120 valence electrons. The van der Waals surface area contributed by atoms with Gasteiger partial charge in [-0.2, -0.15) is 5.10 Å². The molecule has 0 spiro atoms. The first kappa shape index (κ1) is 16.0. The van der Waals surface area contributed by atoms with Crippen LogP contribution < -0.4 is 5.32 Å². The number of fused-ring (bicyclic) bond motifs is 2. The van der Waals surface area contributed by atoms with E-state index in [4.69, 9.17) is 0 Å². The minimum Gasteiger partial charge on any atom is -0.315 e. The molecule has 2 atom stereocenters. The predicted octanol–water partition coefficient (Wildman–Crippen LogP) is 2.90. The number of nitrogens with zero attached hydrogens (tertiary/aromatic N) is 3. The molecule has 1 N–H and O–H groups in total. The van der Waals surface area contributed by atoms with E-state index in [1.165, 1.54) is 41.1 Å². The van der Waals surface area contributed by atoms with Crippen molar-refractivity contribution in [1.29, 1.82) is 0 Å². The average molecular weight is 339 g/mol. The lowest BCUT2D eigenvalue weighted by atomic mass is 10.1. The molecule has 2 fully saturated rings.